The molecule has 5 heteroatoms. The van der Waals surface area contributed by atoms with Crippen molar-refractivity contribution >= 4 is 11.6 Å². The number of halogens is 1. The van der Waals surface area contributed by atoms with Crippen LogP contribution in [0.3, 0.4) is 0 Å². The van der Waals surface area contributed by atoms with E-state index in [0.717, 1.165) is 5.56 Å². The summed E-state index contributed by atoms with van der Waals surface area (Å²) in [6.45, 7) is 5.27. The first-order valence-electron chi connectivity index (χ1n) is 8.94. The molecule has 0 aliphatic carbocycles. The smallest absolute Gasteiger partial charge is 0.225 e. The first-order valence-corrected chi connectivity index (χ1v) is 8.94. The number of hydrogen-bond acceptors (Lipinski definition) is 3. The first kappa shape index (κ1) is 20.1. The average Bonchev–Trinajstić information content (AvgIpc) is 2.62. The molecular formula is C21H27FN2O2. The highest BCUT2D eigenvalue weighted by molar-refractivity contribution is 5.90. The maximum atomic E-state index is 13.7. The lowest BCUT2D eigenvalue weighted by molar-refractivity contribution is -0.116. The number of benzene rings is 2. The Labute approximate surface area is 154 Å². The Morgan fingerprint density at radius 3 is 2.38 bits per heavy atom. The maximum Gasteiger partial charge on any atom is 0.225 e. The zero-order valence-electron chi connectivity index (χ0n) is 15.4. The lowest BCUT2D eigenvalue weighted by atomic mass is 10.0. The van der Waals surface area contributed by atoms with Crippen molar-refractivity contribution in [2.75, 3.05) is 18.5 Å². The van der Waals surface area contributed by atoms with Gasteiger partial charge in [-0.15, -0.1) is 0 Å². The highest BCUT2D eigenvalue weighted by Gasteiger charge is 2.22. The molecule has 0 aromatic heterocycles. The minimum Gasteiger partial charge on any atom is -0.395 e. The number of nitrogens with zero attached hydrogens (tertiary/aromatic N) is 1. The fraction of sp³-hybridized carbons (Fsp3) is 0.381. The summed E-state index contributed by atoms with van der Waals surface area (Å²) in [4.78, 5) is 14.3. The van der Waals surface area contributed by atoms with Crippen molar-refractivity contribution in [2.45, 2.75) is 32.9 Å². The quantitative estimate of drug-likeness (QED) is 0.719. The highest BCUT2D eigenvalue weighted by Crippen LogP contribution is 2.16. The summed E-state index contributed by atoms with van der Waals surface area (Å²) in [5.74, 6) is -0.440. The standard InChI is InChI=1S/C21H27FN2O2/c1-16(2)20(15-25)24(14-17-8-4-3-5-9-17)13-12-21(26)23-19-11-7-6-10-18(19)22/h3-11,16,20,25H,12-15H2,1-2H3,(H,23,26). The number of anilines is 1. The van der Waals surface area contributed by atoms with Gasteiger partial charge in [0.15, 0.2) is 0 Å². The minimum absolute atomic E-state index is 0.0272. The molecule has 140 valence electrons. The third-order valence-electron chi connectivity index (χ3n) is 4.43. The summed E-state index contributed by atoms with van der Waals surface area (Å²) in [5.41, 5.74) is 1.32. The van der Waals surface area contributed by atoms with Gasteiger partial charge in [0, 0.05) is 25.6 Å². The van der Waals surface area contributed by atoms with Crippen LogP contribution in [0, 0.1) is 11.7 Å². The molecule has 0 saturated heterocycles. The van der Waals surface area contributed by atoms with Crippen LogP contribution in [-0.4, -0.2) is 35.1 Å². The highest BCUT2D eigenvalue weighted by atomic mass is 19.1. The Kier molecular flexibility index (Phi) is 7.75. The lowest BCUT2D eigenvalue weighted by Crippen LogP contribution is -2.42. The summed E-state index contributed by atoms with van der Waals surface area (Å²) in [6, 6.07) is 16.0. The molecule has 0 aliphatic heterocycles. The number of rotatable bonds is 9. The Morgan fingerprint density at radius 1 is 1.12 bits per heavy atom. The molecule has 2 N–H and O–H groups in total. The second-order valence-electron chi connectivity index (χ2n) is 6.73. The summed E-state index contributed by atoms with van der Waals surface area (Å²) in [6.07, 6.45) is 0.227. The molecule has 2 aromatic carbocycles. The molecule has 4 nitrogen and oxygen atoms in total. The zero-order chi connectivity index (χ0) is 18.9. The van der Waals surface area contributed by atoms with Crippen LogP contribution in [0.5, 0.6) is 0 Å². The summed E-state index contributed by atoms with van der Waals surface area (Å²) in [5, 5.41) is 12.4. The van der Waals surface area contributed by atoms with Gasteiger partial charge >= 0.3 is 0 Å². The van der Waals surface area contributed by atoms with Crippen LogP contribution in [0.1, 0.15) is 25.8 Å². The molecule has 26 heavy (non-hydrogen) atoms. The monoisotopic (exact) mass is 358 g/mol. The van der Waals surface area contributed by atoms with Crippen LogP contribution in [0.15, 0.2) is 54.6 Å². The maximum absolute atomic E-state index is 13.7. The van der Waals surface area contributed by atoms with E-state index in [-0.39, 0.29) is 36.6 Å². The van der Waals surface area contributed by atoms with E-state index in [2.05, 4.69) is 24.1 Å². The Hall–Kier alpha value is -2.24. The molecule has 0 spiro atoms. The molecule has 2 aromatic rings. The minimum atomic E-state index is -0.447. The van der Waals surface area contributed by atoms with E-state index in [1.807, 2.05) is 30.3 Å². The number of aliphatic hydroxyl groups is 1. The van der Waals surface area contributed by atoms with Gasteiger partial charge in [0.1, 0.15) is 5.82 Å². The largest absolute Gasteiger partial charge is 0.395 e. The first-order chi connectivity index (χ1) is 12.5. The fourth-order valence-electron chi connectivity index (χ4n) is 2.95. The van der Waals surface area contributed by atoms with E-state index in [4.69, 9.17) is 0 Å². The van der Waals surface area contributed by atoms with Gasteiger partial charge in [-0.2, -0.15) is 0 Å². The van der Waals surface area contributed by atoms with Gasteiger partial charge in [-0.3, -0.25) is 9.69 Å². The van der Waals surface area contributed by atoms with Gasteiger partial charge < -0.3 is 10.4 Å². The van der Waals surface area contributed by atoms with Crippen molar-refractivity contribution in [2.24, 2.45) is 5.92 Å². The number of amides is 1. The molecule has 0 fully saturated rings. The van der Waals surface area contributed by atoms with Crippen LogP contribution in [0.2, 0.25) is 0 Å². The lowest BCUT2D eigenvalue weighted by Gasteiger charge is -2.33. The van der Waals surface area contributed by atoms with Gasteiger partial charge in [-0.05, 0) is 23.6 Å². The Bertz CT molecular complexity index is 691. The SMILES string of the molecule is CC(C)C(CO)N(CCC(=O)Nc1ccccc1F)Cc1ccccc1. The van der Waals surface area contributed by atoms with Gasteiger partial charge in [-0.25, -0.2) is 4.39 Å². The van der Waals surface area contributed by atoms with Crippen molar-refractivity contribution < 1.29 is 14.3 Å². The van der Waals surface area contributed by atoms with Gasteiger partial charge in [0.2, 0.25) is 5.91 Å². The van der Waals surface area contributed by atoms with E-state index in [9.17, 15) is 14.3 Å². The Morgan fingerprint density at radius 2 is 1.77 bits per heavy atom. The fourth-order valence-corrected chi connectivity index (χ4v) is 2.95. The zero-order valence-corrected chi connectivity index (χ0v) is 15.4. The van der Waals surface area contributed by atoms with Crippen LogP contribution >= 0.6 is 0 Å². The second-order valence-corrected chi connectivity index (χ2v) is 6.73. The van der Waals surface area contributed by atoms with Gasteiger partial charge in [-0.1, -0.05) is 56.3 Å². The van der Waals surface area contributed by atoms with Crippen LogP contribution in [-0.2, 0) is 11.3 Å². The van der Waals surface area contributed by atoms with E-state index >= 15 is 0 Å². The van der Waals surface area contributed by atoms with Crippen molar-refractivity contribution in [3.63, 3.8) is 0 Å². The average molecular weight is 358 g/mol. The van der Waals surface area contributed by atoms with Crippen molar-refractivity contribution in [1.29, 1.82) is 0 Å². The topological polar surface area (TPSA) is 52.6 Å². The van der Waals surface area contributed by atoms with E-state index in [1.165, 1.54) is 6.07 Å². The molecule has 0 saturated carbocycles. The van der Waals surface area contributed by atoms with E-state index < -0.39 is 5.82 Å². The molecule has 0 aliphatic rings. The third-order valence-corrected chi connectivity index (χ3v) is 4.43. The molecular weight excluding hydrogens is 331 g/mol. The number of nitrogens with one attached hydrogen (secondary N) is 1. The molecule has 2 rings (SSSR count). The van der Waals surface area contributed by atoms with Crippen molar-refractivity contribution in [3.05, 3.63) is 66.0 Å². The molecule has 0 radical (unpaired) electrons. The number of para-hydroxylation sites is 1. The van der Waals surface area contributed by atoms with Crippen LogP contribution in [0.4, 0.5) is 10.1 Å². The predicted octanol–water partition coefficient (Wildman–Crippen LogP) is 3.67. The van der Waals surface area contributed by atoms with E-state index in [1.54, 1.807) is 18.2 Å². The molecule has 1 unspecified atom stereocenters. The molecule has 0 bridgehead atoms. The van der Waals surface area contributed by atoms with Gasteiger partial charge in [0.05, 0.1) is 12.3 Å². The van der Waals surface area contributed by atoms with Crippen molar-refractivity contribution in [3.8, 4) is 0 Å². The normalized spacial score (nSPS) is 12.4. The molecule has 1 atom stereocenters. The number of carbonyl (C=O) groups excluding carboxylic acids is 1. The third kappa shape index (κ3) is 5.93. The summed E-state index contributed by atoms with van der Waals surface area (Å²) >= 11 is 0. The van der Waals surface area contributed by atoms with Crippen LogP contribution < -0.4 is 5.32 Å². The predicted molar refractivity (Wildman–Crippen MR) is 102 cm³/mol. The van der Waals surface area contributed by atoms with Gasteiger partial charge in [0.25, 0.3) is 0 Å². The molecule has 0 heterocycles. The number of carbonyl (C=O) groups is 1. The van der Waals surface area contributed by atoms with E-state index in [0.29, 0.717) is 13.1 Å². The number of hydrogen-bond donors (Lipinski definition) is 2. The Balaban J connectivity index is 2.01. The second kappa shape index (κ2) is 10.0. The number of aliphatic hydroxyl groups excluding tert-OH is 1. The van der Waals surface area contributed by atoms with Crippen molar-refractivity contribution in [1.82, 2.24) is 4.90 Å². The van der Waals surface area contributed by atoms with Crippen LogP contribution in [0.25, 0.3) is 0 Å². The molecule has 1 amide bonds. The summed E-state index contributed by atoms with van der Waals surface area (Å²) < 4.78 is 13.7. The summed E-state index contributed by atoms with van der Waals surface area (Å²) in [7, 11) is 0.